The van der Waals surface area contributed by atoms with Gasteiger partial charge in [-0.05, 0) is 32.1 Å². The van der Waals surface area contributed by atoms with Gasteiger partial charge in [-0.1, -0.05) is 20.8 Å². The molecule has 4 nitrogen and oxygen atoms in total. The first-order valence-electron chi connectivity index (χ1n) is 7.16. The van der Waals surface area contributed by atoms with E-state index in [1.807, 2.05) is 20.8 Å². The molecule has 1 amide bonds. The molecule has 0 aromatic carbocycles. The summed E-state index contributed by atoms with van der Waals surface area (Å²) in [7, 11) is 0. The molecule has 1 atom stereocenters. The van der Waals surface area contributed by atoms with Gasteiger partial charge >= 0.3 is 0 Å². The van der Waals surface area contributed by atoms with Crippen LogP contribution in [0.5, 0.6) is 0 Å². The number of amides is 1. The van der Waals surface area contributed by atoms with Crippen molar-refractivity contribution in [3.05, 3.63) is 0 Å². The molecule has 0 aromatic rings. The Labute approximate surface area is 115 Å². The Morgan fingerprint density at radius 2 is 2.11 bits per heavy atom. The molecule has 0 bridgehead atoms. The molecule has 0 aromatic heterocycles. The molecule has 1 aliphatic heterocycles. The summed E-state index contributed by atoms with van der Waals surface area (Å²) in [6.07, 6.45) is 4.74. The topological polar surface area (TPSA) is 61.2 Å². The van der Waals surface area contributed by atoms with E-state index in [0.29, 0.717) is 19.4 Å². The first kappa shape index (κ1) is 15.7. The van der Waals surface area contributed by atoms with E-state index in [0.717, 1.165) is 25.7 Å². The fourth-order valence-electron chi connectivity index (χ4n) is 2.40. The summed E-state index contributed by atoms with van der Waals surface area (Å²) >= 11 is 0. The molecular formula is C15H24N2O2. The summed E-state index contributed by atoms with van der Waals surface area (Å²) in [6, 6.07) is 2.27. The number of rotatable bonds is 6. The Kier molecular flexibility index (Phi) is 5.53. The highest BCUT2D eigenvalue weighted by molar-refractivity contribution is 6.38. The molecule has 1 rings (SSSR count). The molecule has 1 fully saturated rings. The van der Waals surface area contributed by atoms with Crippen LogP contribution in [0.3, 0.4) is 0 Å². The van der Waals surface area contributed by atoms with Crippen LogP contribution in [-0.4, -0.2) is 29.2 Å². The van der Waals surface area contributed by atoms with Crippen molar-refractivity contribution < 1.29 is 9.59 Å². The third-order valence-corrected chi connectivity index (χ3v) is 4.16. The molecule has 0 aliphatic carbocycles. The fourth-order valence-corrected chi connectivity index (χ4v) is 2.40. The molecule has 0 saturated carbocycles. The number of likely N-dealkylation sites (tertiary alicyclic amines) is 1. The van der Waals surface area contributed by atoms with E-state index in [-0.39, 0.29) is 17.7 Å². The lowest BCUT2D eigenvalue weighted by Crippen LogP contribution is -2.44. The van der Waals surface area contributed by atoms with Crippen molar-refractivity contribution in [3.8, 4) is 6.07 Å². The van der Waals surface area contributed by atoms with Crippen LogP contribution in [0.15, 0.2) is 0 Å². The molecule has 4 heteroatoms. The second kappa shape index (κ2) is 6.70. The molecular weight excluding hydrogens is 240 g/mol. The highest BCUT2D eigenvalue weighted by Crippen LogP contribution is 2.27. The monoisotopic (exact) mass is 264 g/mol. The van der Waals surface area contributed by atoms with E-state index in [1.54, 1.807) is 4.90 Å². The average Bonchev–Trinajstić information content (AvgIpc) is 2.85. The lowest BCUT2D eigenvalue weighted by Gasteiger charge is -2.28. The van der Waals surface area contributed by atoms with E-state index in [2.05, 4.69) is 6.07 Å². The third-order valence-electron chi connectivity index (χ3n) is 4.16. The minimum atomic E-state index is -0.573. The Hall–Kier alpha value is -1.37. The Morgan fingerprint density at radius 3 is 2.68 bits per heavy atom. The molecule has 106 valence electrons. The van der Waals surface area contributed by atoms with Crippen LogP contribution in [0.2, 0.25) is 0 Å². The smallest absolute Gasteiger partial charge is 0.290 e. The highest BCUT2D eigenvalue weighted by atomic mass is 16.2. The number of hydrogen-bond donors (Lipinski definition) is 0. The van der Waals surface area contributed by atoms with Gasteiger partial charge in [0.25, 0.3) is 5.91 Å². The van der Waals surface area contributed by atoms with Gasteiger partial charge in [0.15, 0.2) is 0 Å². The standard InChI is InChI=1S/C15H24N2O2/c1-4-15(2,3)13(18)14(19)17-11-7-9-12(17)8-5-6-10-16/h12H,4-9,11H2,1-3H3/t12-/m0/s1. The summed E-state index contributed by atoms with van der Waals surface area (Å²) in [5.41, 5.74) is -0.573. The van der Waals surface area contributed by atoms with Crippen LogP contribution < -0.4 is 0 Å². The van der Waals surface area contributed by atoms with Gasteiger partial charge < -0.3 is 4.90 Å². The number of nitriles is 1. The molecule has 19 heavy (non-hydrogen) atoms. The molecule has 1 heterocycles. The van der Waals surface area contributed by atoms with Crippen molar-refractivity contribution in [3.63, 3.8) is 0 Å². The van der Waals surface area contributed by atoms with Gasteiger partial charge in [0.1, 0.15) is 0 Å². The van der Waals surface area contributed by atoms with Crippen LogP contribution in [-0.2, 0) is 9.59 Å². The van der Waals surface area contributed by atoms with Gasteiger partial charge in [-0.3, -0.25) is 9.59 Å². The van der Waals surface area contributed by atoms with E-state index in [9.17, 15) is 9.59 Å². The third kappa shape index (κ3) is 3.79. The van der Waals surface area contributed by atoms with Crippen LogP contribution in [0, 0.1) is 16.7 Å². The lowest BCUT2D eigenvalue weighted by molar-refractivity contribution is -0.149. The number of ketones is 1. The summed E-state index contributed by atoms with van der Waals surface area (Å²) < 4.78 is 0. The summed E-state index contributed by atoms with van der Waals surface area (Å²) in [5, 5.41) is 8.56. The van der Waals surface area contributed by atoms with E-state index in [4.69, 9.17) is 5.26 Å². The average molecular weight is 264 g/mol. The Morgan fingerprint density at radius 1 is 1.42 bits per heavy atom. The van der Waals surface area contributed by atoms with Gasteiger partial charge in [0, 0.05) is 24.4 Å². The first-order chi connectivity index (χ1) is 8.94. The van der Waals surface area contributed by atoms with Gasteiger partial charge in [0.05, 0.1) is 6.07 Å². The summed E-state index contributed by atoms with van der Waals surface area (Å²) in [4.78, 5) is 26.3. The van der Waals surface area contributed by atoms with Gasteiger partial charge in [0.2, 0.25) is 5.78 Å². The summed E-state index contributed by atoms with van der Waals surface area (Å²) in [5.74, 6) is -0.603. The minimum absolute atomic E-state index is 0.150. The number of Topliss-reactive ketones (excluding diaryl/α,β-unsaturated/α-hetero) is 1. The Bertz CT molecular complexity index is 382. The number of unbranched alkanes of at least 4 members (excludes halogenated alkanes) is 1. The second-order valence-electron chi connectivity index (χ2n) is 5.91. The van der Waals surface area contributed by atoms with Crippen LogP contribution in [0.25, 0.3) is 0 Å². The lowest BCUT2D eigenvalue weighted by atomic mass is 9.84. The van der Waals surface area contributed by atoms with Crippen molar-refractivity contribution >= 4 is 11.7 Å². The predicted molar refractivity (Wildman–Crippen MR) is 73.3 cm³/mol. The van der Waals surface area contributed by atoms with Gasteiger partial charge in [-0.2, -0.15) is 5.26 Å². The molecule has 0 spiro atoms. The Balaban J connectivity index is 2.65. The zero-order chi connectivity index (χ0) is 14.5. The first-order valence-corrected chi connectivity index (χ1v) is 7.16. The van der Waals surface area contributed by atoms with Crippen molar-refractivity contribution in [2.75, 3.05) is 6.54 Å². The van der Waals surface area contributed by atoms with Crippen molar-refractivity contribution in [1.29, 1.82) is 5.26 Å². The van der Waals surface area contributed by atoms with E-state index >= 15 is 0 Å². The molecule has 0 unspecified atom stereocenters. The number of carbonyl (C=O) groups excluding carboxylic acids is 2. The second-order valence-corrected chi connectivity index (χ2v) is 5.91. The summed E-state index contributed by atoms with van der Waals surface area (Å²) in [6.45, 7) is 6.27. The molecule has 0 N–H and O–H groups in total. The maximum atomic E-state index is 12.3. The van der Waals surface area contributed by atoms with Crippen LogP contribution >= 0.6 is 0 Å². The van der Waals surface area contributed by atoms with Crippen molar-refractivity contribution in [2.45, 2.75) is 65.3 Å². The quantitative estimate of drug-likeness (QED) is 0.547. The minimum Gasteiger partial charge on any atom is -0.333 e. The molecule has 0 radical (unpaired) electrons. The normalized spacial score (nSPS) is 19.3. The van der Waals surface area contributed by atoms with Gasteiger partial charge in [-0.25, -0.2) is 0 Å². The van der Waals surface area contributed by atoms with Crippen molar-refractivity contribution in [2.24, 2.45) is 5.41 Å². The maximum Gasteiger partial charge on any atom is 0.290 e. The largest absolute Gasteiger partial charge is 0.333 e. The fraction of sp³-hybridized carbons (Fsp3) is 0.800. The van der Waals surface area contributed by atoms with Crippen LogP contribution in [0.1, 0.15) is 59.3 Å². The zero-order valence-electron chi connectivity index (χ0n) is 12.2. The number of hydrogen-bond acceptors (Lipinski definition) is 3. The van der Waals surface area contributed by atoms with Crippen LogP contribution in [0.4, 0.5) is 0 Å². The van der Waals surface area contributed by atoms with E-state index in [1.165, 1.54) is 0 Å². The predicted octanol–water partition coefficient (Wildman–Crippen LogP) is 2.68. The SMILES string of the molecule is CCC(C)(C)C(=O)C(=O)N1CCC[C@@H]1CCCC#N. The number of nitrogens with zero attached hydrogens (tertiary/aromatic N) is 2. The zero-order valence-corrected chi connectivity index (χ0v) is 12.2. The number of carbonyl (C=O) groups is 2. The highest BCUT2D eigenvalue weighted by Gasteiger charge is 2.38. The molecule has 1 saturated heterocycles. The van der Waals surface area contributed by atoms with E-state index < -0.39 is 5.41 Å². The van der Waals surface area contributed by atoms with Crippen molar-refractivity contribution in [1.82, 2.24) is 4.90 Å². The van der Waals surface area contributed by atoms with Gasteiger partial charge in [-0.15, -0.1) is 0 Å². The maximum absolute atomic E-state index is 12.3. The molecule has 1 aliphatic rings.